The van der Waals surface area contributed by atoms with E-state index in [4.69, 9.17) is 33.2 Å². The van der Waals surface area contributed by atoms with Crippen LogP contribution in [-0.2, 0) is 33.2 Å². The summed E-state index contributed by atoms with van der Waals surface area (Å²) in [6.07, 6.45) is -34.8. The summed E-state index contributed by atoms with van der Waals surface area (Å²) in [7, 11) is 0. The van der Waals surface area contributed by atoms with Gasteiger partial charge in [0.05, 0.1) is 26.4 Å². The predicted molar refractivity (Wildman–Crippen MR) is 134 cm³/mol. The summed E-state index contributed by atoms with van der Waals surface area (Å²) in [6.45, 7) is -3.16. The zero-order chi connectivity index (χ0) is 33.3. The van der Waals surface area contributed by atoms with Crippen LogP contribution in [0.2, 0.25) is 0 Å². The van der Waals surface area contributed by atoms with Gasteiger partial charge in [-0.2, -0.15) is 0 Å². The van der Waals surface area contributed by atoms with E-state index < -0.39 is 149 Å². The highest BCUT2D eigenvalue weighted by molar-refractivity contribution is 4.97. The zero-order valence-corrected chi connectivity index (χ0v) is 23.5. The van der Waals surface area contributed by atoms with E-state index in [1.807, 2.05) is 0 Å². The molecule has 20 unspecified atom stereocenters. The van der Waals surface area contributed by atoms with Crippen LogP contribution in [0.3, 0.4) is 0 Å². The van der Waals surface area contributed by atoms with Crippen LogP contribution in [0, 0.1) is 0 Å². The summed E-state index contributed by atoms with van der Waals surface area (Å²) in [5.41, 5.74) is 0. The van der Waals surface area contributed by atoms with Gasteiger partial charge in [0, 0.05) is 0 Å². The Morgan fingerprint density at radius 1 is 0.378 bits per heavy atom. The first-order valence-corrected chi connectivity index (χ1v) is 14.1. The van der Waals surface area contributed by atoms with Gasteiger partial charge in [-0.05, 0) is 0 Å². The van der Waals surface area contributed by atoms with Gasteiger partial charge >= 0.3 is 0 Å². The fraction of sp³-hybridized carbons (Fsp3) is 1.00. The normalized spacial score (nSPS) is 52.9. The fourth-order valence-electron chi connectivity index (χ4n) is 5.44. The highest BCUT2D eigenvalue weighted by Crippen LogP contribution is 2.33. The maximum Gasteiger partial charge on any atom is 0.187 e. The standard InChI is InChI=1S/C24H42O21/c25-1-5-9(28)12(31)16(35)23(41-5)44-20-7(3-27)43-24(18(37)14(20)33)45-19-6(2-26)42-22(17(36)13(19)32)39-4-8-10(29)11(30)15(34)21(38)40-8/h5-38H,1-4H2. The van der Waals surface area contributed by atoms with Gasteiger partial charge < -0.3 is 105 Å². The van der Waals surface area contributed by atoms with Crippen LogP contribution in [0.1, 0.15) is 0 Å². The van der Waals surface area contributed by atoms with Crippen LogP contribution in [0.15, 0.2) is 0 Å². The molecule has 0 aliphatic carbocycles. The molecule has 21 heteroatoms. The second-order valence-electron chi connectivity index (χ2n) is 11.2. The van der Waals surface area contributed by atoms with Crippen LogP contribution in [0.5, 0.6) is 0 Å². The fourth-order valence-corrected chi connectivity index (χ4v) is 5.44. The van der Waals surface area contributed by atoms with Gasteiger partial charge in [0.15, 0.2) is 25.2 Å². The molecule has 0 bridgehead atoms. The van der Waals surface area contributed by atoms with Crippen molar-refractivity contribution >= 4 is 0 Å². The van der Waals surface area contributed by atoms with Crippen molar-refractivity contribution in [1.82, 2.24) is 0 Å². The molecular formula is C24H42O21. The lowest BCUT2D eigenvalue weighted by Crippen LogP contribution is -2.66. The summed E-state index contributed by atoms with van der Waals surface area (Å²) in [6, 6.07) is 0. The lowest BCUT2D eigenvalue weighted by atomic mass is 9.96. The summed E-state index contributed by atoms with van der Waals surface area (Å²) in [5, 5.41) is 142. The number of aliphatic hydroxyl groups excluding tert-OH is 14. The van der Waals surface area contributed by atoms with Crippen LogP contribution in [-0.4, -0.2) is 221 Å². The van der Waals surface area contributed by atoms with E-state index in [2.05, 4.69) is 0 Å². The van der Waals surface area contributed by atoms with E-state index in [0.717, 1.165) is 0 Å². The van der Waals surface area contributed by atoms with E-state index in [1.165, 1.54) is 0 Å². The molecule has 4 rings (SSSR count). The topological polar surface area (TPSA) is 348 Å². The number of rotatable bonds is 10. The third-order valence-corrected chi connectivity index (χ3v) is 8.18. The van der Waals surface area contributed by atoms with Crippen LogP contribution >= 0.6 is 0 Å². The molecule has 0 radical (unpaired) electrons. The van der Waals surface area contributed by atoms with Gasteiger partial charge in [0.1, 0.15) is 97.7 Å². The van der Waals surface area contributed by atoms with Gasteiger partial charge in [-0.25, -0.2) is 0 Å². The Labute approximate surface area is 254 Å². The van der Waals surface area contributed by atoms with Gasteiger partial charge in [-0.15, -0.1) is 0 Å². The highest BCUT2D eigenvalue weighted by atomic mass is 16.8. The molecule has 4 heterocycles. The van der Waals surface area contributed by atoms with Crippen molar-refractivity contribution in [2.24, 2.45) is 0 Å². The van der Waals surface area contributed by atoms with E-state index in [1.54, 1.807) is 0 Å². The van der Waals surface area contributed by atoms with Crippen molar-refractivity contribution < 1.29 is 105 Å². The molecule has 264 valence electrons. The van der Waals surface area contributed by atoms with E-state index in [0.29, 0.717) is 0 Å². The second-order valence-corrected chi connectivity index (χ2v) is 11.2. The summed E-state index contributed by atoms with van der Waals surface area (Å²) >= 11 is 0. The minimum atomic E-state index is -2.00. The molecule has 4 saturated heterocycles. The summed E-state index contributed by atoms with van der Waals surface area (Å²) in [5.74, 6) is 0. The maximum absolute atomic E-state index is 10.8. The smallest absolute Gasteiger partial charge is 0.187 e. The molecule has 0 aromatic rings. The van der Waals surface area contributed by atoms with Crippen molar-refractivity contribution in [3.63, 3.8) is 0 Å². The molecule has 0 aromatic heterocycles. The third kappa shape index (κ3) is 7.59. The van der Waals surface area contributed by atoms with Crippen LogP contribution in [0.25, 0.3) is 0 Å². The van der Waals surface area contributed by atoms with E-state index in [-0.39, 0.29) is 0 Å². The molecule has 0 aromatic carbocycles. The summed E-state index contributed by atoms with van der Waals surface area (Å²) in [4.78, 5) is 0. The van der Waals surface area contributed by atoms with E-state index >= 15 is 0 Å². The third-order valence-electron chi connectivity index (χ3n) is 8.18. The predicted octanol–water partition coefficient (Wildman–Crippen LogP) is -9.75. The van der Waals surface area contributed by atoms with Gasteiger partial charge in [0.2, 0.25) is 0 Å². The number of aliphatic hydroxyl groups is 14. The van der Waals surface area contributed by atoms with E-state index in [9.17, 15) is 71.5 Å². The van der Waals surface area contributed by atoms with Crippen molar-refractivity contribution in [3.8, 4) is 0 Å². The molecule has 0 saturated carbocycles. The van der Waals surface area contributed by atoms with Crippen molar-refractivity contribution in [3.05, 3.63) is 0 Å². The minimum Gasteiger partial charge on any atom is -0.394 e. The second kappa shape index (κ2) is 15.6. The largest absolute Gasteiger partial charge is 0.394 e. The van der Waals surface area contributed by atoms with Crippen molar-refractivity contribution in [1.29, 1.82) is 0 Å². The average molecular weight is 667 g/mol. The molecule has 20 atom stereocenters. The Balaban J connectivity index is 1.38. The molecular weight excluding hydrogens is 624 g/mol. The van der Waals surface area contributed by atoms with Gasteiger partial charge in [-0.3, -0.25) is 0 Å². The Morgan fingerprint density at radius 3 is 1.29 bits per heavy atom. The van der Waals surface area contributed by atoms with Crippen molar-refractivity contribution in [2.45, 2.75) is 123 Å². The van der Waals surface area contributed by atoms with Crippen LogP contribution in [0.4, 0.5) is 0 Å². The first-order valence-electron chi connectivity index (χ1n) is 14.1. The molecule has 14 N–H and O–H groups in total. The number of hydrogen-bond acceptors (Lipinski definition) is 21. The highest BCUT2D eigenvalue weighted by Gasteiger charge is 2.54. The molecule has 4 aliphatic rings. The lowest BCUT2D eigenvalue weighted by molar-refractivity contribution is -0.381. The molecule has 4 fully saturated rings. The number of ether oxygens (including phenoxy) is 7. The average Bonchev–Trinajstić information content (AvgIpc) is 3.03. The Bertz CT molecular complexity index is 912. The zero-order valence-electron chi connectivity index (χ0n) is 23.5. The molecule has 21 nitrogen and oxygen atoms in total. The SMILES string of the molecule is OCC1OC(OC2C(CO)OC(OC3C(CO)OC(OCC4OC(O)C(O)C(O)C4O)C(O)C3O)C(O)C2O)C(O)C(O)C1O. The first-order chi connectivity index (χ1) is 21.2. The maximum atomic E-state index is 10.8. The Morgan fingerprint density at radius 2 is 0.778 bits per heavy atom. The number of hydrogen-bond donors (Lipinski definition) is 14. The molecule has 0 spiro atoms. The van der Waals surface area contributed by atoms with Crippen molar-refractivity contribution in [2.75, 3.05) is 26.4 Å². The molecule has 4 aliphatic heterocycles. The Hall–Kier alpha value is -0.840. The monoisotopic (exact) mass is 666 g/mol. The van der Waals surface area contributed by atoms with Crippen LogP contribution < -0.4 is 0 Å². The van der Waals surface area contributed by atoms with Gasteiger partial charge in [-0.1, -0.05) is 0 Å². The molecule has 0 amide bonds. The summed E-state index contributed by atoms with van der Waals surface area (Å²) < 4.78 is 37.5. The quantitative estimate of drug-likeness (QED) is 0.103. The Kier molecular flexibility index (Phi) is 12.8. The lowest BCUT2D eigenvalue weighted by Gasteiger charge is -2.48. The minimum absolute atomic E-state index is 0.634. The van der Waals surface area contributed by atoms with Gasteiger partial charge in [0.25, 0.3) is 0 Å². The first kappa shape index (κ1) is 37.0. The molecule has 45 heavy (non-hydrogen) atoms.